The van der Waals surface area contributed by atoms with Crippen molar-refractivity contribution in [3.63, 3.8) is 0 Å². The van der Waals surface area contributed by atoms with Gasteiger partial charge in [0.1, 0.15) is 24.3 Å². The van der Waals surface area contributed by atoms with Crippen molar-refractivity contribution in [1.82, 2.24) is 4.90 Å². The lowest BCUT2D eigenvalue weighted by Gasteiger charge is -2.36. The lowest BCUT2D eigenvalue weighted by atomic mass is 10.1. The molecule has 1 unspecified atom stereocenters. The molecule has 0 radical (unpaired) electrons. The molecule has 2 aromatic rings. The van der Waals surface area contributed by atoms with E-state index < -0.39 is 6.10 Å². The van der Waals surface area contributed by atoms with Gasteiger partial charge in [-0.15, -0.1) is 0 Å². The molecule has 1 N–H and O–H groups in total. The summed E-state index contributed by atoms with van der Waals surface area (Å²) in [6.07, 6.45) is -0.519. The van der Waals surface area contributed by atoms with Crippen LogP contribution in [0.3, 0.4) is 0 Å². The third-order valence-corrected chi connectivity index (χ3v) is 4.95. The molecule has 0 amide bonds. The van der Waals surface area contributed by atoms with E-state index >= 15 is 0 Å². The molecule has 0 aromatic heterocycles. The maximum Gasteiger partial charge on any atom is 0.123 e. The zero-order chi connectivity index (χ0) is 18.5. The normalized spacial score (nSPS) is 16.5. The lowest BCUT2D eigenvalue weighted by Crippen LogP contribution is -2.49. The van der Waals surface area contributed by atoms with Gasteiger partial charge in [0, 0.05) is 38.4 Å². The molecule has 1 fully saturated rings. The average molecular weight is 358 g/mol. The molecule has 0 aliphatic carbocycles. The molecule has 140 valence electrons. The summed E-state index contributed by atoms with van der Waals surface area (Å²) >= 11 is 0. The van der Waals surface area contributed by atoms with E-state index in [2.05, 4.69) is 23.6 Å². The summed E-state index contributed by atoms with van der Waals surface area (Å²) in [7, 11) is 0. The van der Waals surface area contributed by atoms with Crippen LogP contribution in [0.5, 0.6) is 5.75 Å². The van der Waals surface area contributed by atoms with Crippen molar-refractivity contribution >= 4 is 5.69 Å². The molecule has 0 bridgehead atoms. The fraction of sp³-hybridized carbons (Fsp3) is 0.429. The fourth-order valence-electron chi connectivity index (χ4n) is 3.19. The van der Waals surface area contributed by atoms with Crippen LogP contribution in [-0.4, -0.2) is 55.4 Å². The quantitative estimate of drug-likeness (QED) is 0.861. The Bertz CT molecular complexity index is 712. The number of piperazine rings is 1. The highest BCUT2D eigenvalue weighted by molar-refractivity contribution is 5.46. The van der Waals surface area contributed by atoms with Gasteiger partial charge < -0.3 is 14.7 Å². The van der Waals surface area contributed by atoms with Crippen LogP contribution in [0.2, 0.25) is 0 Å². The van der Waals surface area contributed by atoms with E-state index in [1.807, 2.05) is 30.3 Å². The number of nitrogens with zero attached hydrogens (tertiary/aromatic N) is 2. The summed E-state index contributed by atoms with van der Waals surface area (Å²) < 4.78 is 18.8. The van der Waals surface area contributed by atoms with Gasteiger partial charge in [-0.3, -0.25) is 4.90 Å². The molecule has 0 spiro atoms. The number of halogens is 1. The SMILES string of the molecule is Cc1ccc(OCC(O)CN2CCN(c3ccc(F)cc3)CC2)cc1C. The standard InChI is InChI=1S/C21H27FN2O2/c1-16-3-8-21(13-17(16)2)26-15-20(25)14-23-9-11-24(12-10-23)19-6-4-18(22)5-7-19/h3-8,13,20,25H,9-12,14-15H2,1-2H3. The van der Waals surface area contributed by atoms with E-state index in [1.54, 1.807) is 0 Å². The van der Waals surface area contributed by atoms with E-state index in [0.29, 0.717) is 13.2 Å². The predicted octanol–water partition coefficient (Wildman–Crippen LogP) is 3.00. The highest BCUT2D eigenvalue weighted by atomic mass is 19.1. The number of ether oxygens (including phenoxy) is 1. The summed E-state index contributed by atoms with van der Waals surface area (Å²) in [4.78, 5) is 4.49. The summed E-state index contributed by atoms with van der Waals surface area (Å²) in [6.45, 7) is 8.50. The second-order valence-electron chi connectivity index (χ2n) is 6.97. The smallest absolute Gasteiger partial charge is 0.123 e. The highest BCUT2D eigenvalue weighted by Gasteiger charge is 2.19. The largest absolute Gasteiger partial charge is 0.491 e. The zero-order valence-electron chi connectivity index (χ0n) is 15.5. The van der Waals surface area contributed by atoms with E-state index in [0.717, 1.165) is 37.6 Å². The molecule has 4 nitrogen and oxygen atoms in total. The third kappa shape index (κ3) is 4.96. The minimum atomic E-state index is -0.519. The monoisotopic (exact) mass is 358 g/mol. The average Bonchev–Trinajstić information content (AvgIpc) is 2.64. The first kappa shape index (κ1) is 18.7. The van der Waals surface area contributed by atoms with Gasteiger partial charge in [-0.25, -0.2) is 4.39 Å². The molecule has 26 heavy (non-hydrogen) atoms. The molecule has 3 rings (SSSR count). The molecular weight excluding hydrogens is 331 g/mol. The van der Waals surface area contributed by atoms with E-state index in [-0.39, 0.29) is 5.82 Å². The van der Waals surface area contributed by atoms with Crippen LogP contribution in [0.25, 0.3) is 0 Å². The molecule has 1 saturated heterocycles. The number of hydrogen-bond donors (Lipinski definition) is 1. The van der Waals surface area contributed by atoms with Crippen molar-refractivity contribution in [3.05, 3.63) is 59.4 Å². The second kappa shape index (κ2) is 8.52. The Balaban J connectivity index is 1.42. The predicted molar refractivity (Wildman–Crippen MR) is 102 cm³/mol. The van der Waals surface area contributed by atoms with Gasteiger partial charge in [-0.1, -0.05) is 6.07 Å². The number of aliphatic hydroxyl groups is 1. The van der Waals surface area contributed by atoms with Crippen LogP contribution in [0.1, 0.15) is 11.1 Å². The number of hydrogen-bond acceptors (Lipinski definition) is 4. The van der Waals surface area contributed by atoms with Crippen LogP contribution in [0.4, 0.5) is 10.1 Å². The van der Waals surface area contributed by atoms with E-state index in [9.17, 15) is 9.50 Å². The second-order valence-corrected chi connectivity index (χ2v) is 6.97. The van der Waals surface area contributed by atoms with Gasteiger partial charge in [-0.05, 0) is 61.4 Å². The van der Waals surface area contributed by atoms with E-state index in [1.165, 1.54) is 23.3 Å². The Hall–Kier alpha value is -2.11. The number of rotatable bonds is 6. The first-order valence-corrected chi connectivity index (χ1v) is 9.12. The van der Waals surface area contributed by atoms with E-state index in [4.69, 9.17) is 4.74 Å². The Labute approximate surface area is 154 Å². The zero-order valence-corrected chi connectivity index (χ0v) is 15.5. The molecule has 0 saturated carbocycles. The van der Waals surface area contributed by atoms with Gasteiger partial charge >= 0.3 is 0 Å². The summed E-state index contributed by atoms with van der Waals surface area (Å²) in [5.74, 6) is 0.590. The Morgan fingerprint density at radius 2 is 1.69 bits per heavy atom. The molecule has 1 heterocycles. The Morgan fingerprint density at radius 1 is 1.00 bits per heavy atom. The number of β-amino-alcohol motifs (C(OH)–C–C–N with tert-alkyl or cyclic N) is 1. The lowest BCUT2D eigenvalue weighted by molar-refractivity contribution is 0.0663. The highest BCUT2D eigenvalue weighted by Crippen LogP contribution is 2.18. The molecule has 2 aromatic carbocycles. The van der Waals surface area contributed by atoms with Gasteiger partial charge in [0.05, 0.1) is 0 Å². The molecule has 1 aliphatic heterocycles. The van der Waals surface area contributed by atoms with Crippen LogP contribution >= 0.6 is 0 Å². The molecule has 1 aliphatic rings. The first-order valence-electron chi connectivity index (χ1n) is 9.12. The summed E-state index contributed by atoms with van der Waals surface area (Å²) in [6, 6.07) is 12.6. The van der Waals surface area contributed by atoms with Gasteiger partial charge in [0.2, 0.25) is 0 Å². The maximum absolute atomic E-state index is 13.0. The molecule has 5 heteroatoms. The minimum Gasteiger partial charge on any atom is -0.491 e. The number of benzene rings is 2. The maximum atomic E-state index is 13.0. The van der Waals surface area contributed by atoms with Crippen molar-refractivity contribution in [2.24, 2.45) is 0 Å². The van der Waals surface area contributed by atoms with Gasteiger partial charge in [-0.2, -0.15) is 0 Å². The van der Waals surface area contributed by atoms with Crippen molar-refractivity contribution in [1.29, 1.82) is 0 Å². The van der Waals surface area contributed by atoms with Gasteiger partial charge in [0.15, 0.2) is 0 Å². The number of aryl methyl sites for hydroxylation is 2. The van der Waals surface area contributed by atoms with Crippen molar-refractivity contribution in [2.45, 2.75) is 20.0 Å². The van der Waals surface area contributed by atoms with Crippen LogP contribution in [-0.2, 0) is 0 Å². The number of anilines is 1. The first-order chi connectivity index (χ1) is 12.5. The van der Waals surface area contributed by atoms with Crippen molar-refractivity contribution in [2.75, 3.05) is 44.2 Å². The minimum absolute atomic E-state index is 0.209. The molecular formula is C21H27FN2O2. The summed E-state index contributed by atoms with van der Waals surface area (Å²) in [5, 5.41) is 10.3. The summed E-state index contributed by atoms with van der Waals surface area (Å²) in [5.41, 5.74) is 3.47. The van der Waals surface area contributed by atoms with Crippen LogP contribution < -0.4 is 9.64 Å². The van der Waals surface area contributed by atoms with Crippen LogP contribution in [0, 0.1) is 19.7 Å². The van der Waals surface area contributed by atoms with Crippen LogP contribution in [0.15, 0.2) is 42.5 Å². The van der Waals surface area contributed by atoms with Crippen molar-refractivity contribution < 1.29 is 14.2 Å². The Morgan fingerprint density at radius 3 is 2.35 bits per heavy atom. The third-order valence-electron chi connectivity index (χ3n) is 4.95. The van der Waals surface area contributed by atoms with Gasteiger partial charge in [0.25, 0.3) is 0 Å². The topological polar surface area (TPSA) is 35.9 Å². The Kier molecular flexibility index (Phi) is 6.12. The number of aliphatic hydroxyl groups excluding tert-OH is 1. The molecule has 1 atom stereocenters. The fourth-order valence-corrected chi connectivity index (χ4v) is 3.19. The van der Waals surface area contributed by atoms with Crippen molar-refractivity contribution in [3.8, 4) is 5.75 Å².